The molecule has 0 saturated heterocycles. The summed E-state index contributed by atoms with van der Waals surface area (Å²) < 4.78 is 1.79. The molecule has 2 aromatic rings. The van der Waals surface area contributed by atoms with Crippen molar-refractivity contribution >= 4 is 5.97 Å². The highest BCUT2D eigenvalue weighted by atomic mass is 16.4. The van der Waals surface area contributed by atoms with Crippen LogP contribution in [-0.4, -0.2) is 20.9 Å². The van der Waals surface area contributed by atoms with Crippen LogP contribution in [0.2, 0.25) is 0 Å². The number of benzene rings is 1. The molecule has 4 heteroatoms. The second-order valence-corrected chi connectivity index (χ2v) is 6.12. The zero-order valence-electron chi connectivity index (χ0n) is 12.3. The average molecular weight is 272 g/mol. The summed E-state index contributed by atoms with van der Waals surface area (Å²) in [5.74, 6) is -0.988. The van der Waals surface area contributed by atoms with E-state index in [9.17, 15) is 4.79 Å². The van der Waals surface area contributed by atoms with E-state index in [0.29, 0.717) is 6.54 Å². The lowest BCUT2D eigenvalue weighted by Gasteiger charge is -2.20. The molecule has 0 aliphatic rings. The van der Waals surface area contributed by atoms with Gasteiger partial charge in [0.1, 0.15) is 0 Å². The van der Waals surface area contributed by atoms with Crippen molar-refractivity contribution in [2.45, 2.75) is 39.7 Å². The Morgan fingerprint density at radius 3 is 2.55 bits per heavy atom. The van der Waals surface area contributed by atoms with E-state index in [1.807, 2.05) is 25.1 Å². The van der Waals surface area contributed by atoms with Gasteiger partial charge in [0, 0.05) is 11.1 Å². The minimum absolute atomic E-state index is 0.0996. The van der Waals surface area contributed by atoms with Gasteiger partial charge >= 0.3 is 5.97 Å². The van der Waals surface area contributed by atoms with Gasteiger partial charge in [-0.2, -0.15) is 5.10 Å². The fourth-order valence-corrected chi connectivity index (χ4v) is 2.23. The smallest absolute Gasteiger partial charge is 0.356 e. The number of aromatic nitrogens is 2. The normalized spacial score (nSPS) is 11.6. The maximum absolute atomic E-state index is 11.1. The molecular weight excluding hydrogens is 252 g/mol. The lowest BCUT2D eigenvalue weighted by Crippen LogP contribution is -2.19. The minimum atomic E-state index is -0.988. The van der Waals surface area contributed by atoms with Crippen molar-refractivity contribution in [3.05, 3.63) is 52.8 Å². The van der Waals surface area contributed by atoms with E-state index >= 15 is 0 Å². The highest BCUT2D eigenvalue weighted by molar-refractivity contribution is 5.85. The Morgan fingerprint density at radius 1 is 1.30 bits per heavy atom. The zero-order chi connectivity index (χ0) is 14.9. The van der Waals surface area contributed by atoms with Crippen LogP contribution in [0, 0.1) is 6.92 Å². The number of carbonyl (C=O) groups is 1. The van der Waals surface area contributed by atoms with Gasteiger partial charge in [0.2, 0.25) is 0 Å². The first-order valence-electron chi connectivity index (χ1n) is 6.64. The molecule has 0 aliphatic heterocycles. The van der Waals surface area contributed by atoms with E-state index in [2.05, 4.69) is 31.9 Å². The van der Waals surface area contributed by atoms with Crippen molar-refractivity contribution in [3.8, 4) is 0 Å². The Labute approximate surface area is 119 Å². The van der Waals surface area contributed by atoms with E-state index in [1.54, 1.807) is 10.7 Å². The number of carboxylic acids is 1. The van der Waals surface area contributed by atoms with Crippen LogP contribution in [0.4, 0.5) is 0 Å². The Hall–Kier alpha value is -2.10. The molecule has 1 aromatic carbocycles. The van der Waals surface area contributed by atoms with Gasteiger partial charge in [-0.15, -0.1) is 0 Å². The van der Waals surface area contributed by atoms with E-state index in [1.165, 1.54) is 5.56 Å². The molecule has 4 nitrogen and oxygen atoms in total. The monoisotopic (exact) mass is 272 g/mol. The van der Waals surface area contributed by atoms with Gasteiger partial charge in [-0.1, -0.05) is 50.6 Å². The predicted molar refractivity (Wildman–Crippen MR) is 78.2 cm³/mol. The fourth-order valence-electron chi connectivity index (χ4n) is 2.23. The number of rotatable bonds is 3. The number of hydrogen-bond donors (Lipinski definition) is 1. The maximum Gasteiger partial charge on any atom is 0.356 e. The van der Waals surface area contributed by atoms with Crippen molar-refractivity contribution in [1.82, 2.24) is 9.78 Å². The molecule has 1 heterocycles. The molecule has 0 bridgehead atoms. The predicted octanol–water partition coefficient (Wildman–Crippen LogP) is 3.24. The first-order valence-corrected chi connectivity index (χ1v) is 6.64. The molecule has 0 saturated carbocycles. The van der Waals surface area contributed by atoms with Crippen LogP contribution in [0.3, 0.4) is 0 Å². The molecule has 0 spiro atoms. The Bertz CT molecular complexity index is 636. The quantitative estimate of drug-likeness (QED) is 0.933. The summed E-state index contributed by atoms with van der Waals surface area (Å²) in [6.45, 7) is 8.80. The van der Waals surface area contributed by atoms with Crippen LogP contribution in [0.5, 0.6) is 0 Å². The summed E-state index contributed by atoms with van der Waals surface area (Å²) in [4.78, 5) is 11.1. The molecule has 20 heavy (non-hydrogen) atoms. The van der Waals surface area contributed by atoms with Crippen molar-refractivity contribution in [2.75, 3.05) is 0 Å². The zero-order valence-corrected chi connectivity index (χ0v) is 12.3. The van der Waals surface area contributed by atoms with Gasteiger partial charge in [0.15, 0.2) is 5.69 Å². The van der Waals surface area contributed by atoms with Crippen LogP contribution in [0.25, 0.3) is 0 Å². The number of nitrogens with zero attached hydrogens (tertiary/aromatic N) is 2. The number of carboxylic acid groups (broad SMARTS) is 1. The van der Waals surface area contributed by atoms with Crippen molar-refractivity contribution in [1.29, 1.82) is 0 Å². The SMILES string of the molecule is Cc1cccc(Cn2nc(C(=O)O)cc2C(C)(C)C)c1. The third-order valence-electron chi connectivity index (χ3n) is 3.18. The van der Waals surface area contributed by atoms with E-state index in [-0.39, 0.29) is 11.1 Å². The summed E-state index contributed by atoms with van der Waals surface area (Å²) >= 11 is 0. The van der Waals surface area contributed by atoms with E-state index in [4.69, 9.17) is 5.11 Å². The second-order valence-electron chi connectivity index (χ2n) is 6.12. The van der Waals surface area contributed by atoms with Gasteiger partial charge in [0.05, 0.1) is 6.54 Å². The molecule has 1 N–H and O–H groups in total. The van der Waals surface area contributed by atoms with E-state index < -0.39 is 5.97 Å². The molecule has 0 amide bonds. The van der Waals surface area contributed by atoms with Crippen LogP contribution >= 0.6 is 0 Å². The topological polar surface area (TPSA) is 55.1 Å². The lowest BCUT2D eigenvalue weighted by atomic mass is 9.91. The molecule has 1 aromatic heterocycles. The fraction of sp³-hybridized carbons (Fsp3) is 0.375. The first kappa shape index (κ1) is 14.3. The molecule has 0 unspecified atom stereocenters. The van der Waals surface area contributed by atoms with Crippen LogP contribution < -0.4 is 0 Å². The van der Waals surface area contributed by atoms with Gasteiger partial charge in [0.25, 0.3) is 0 Å². The maximum atomic E-state index is 11.1. The highest BCUT2D eigenvalue weighted by Gasteiger charge is 2.23. The van der Waals surface area contributed by atoms with Crippen LogP contribution in [0.15, 0.2) is 30.3 Å². The Morgan fingerprint density at radius 2 is 2.00 bits per heavy atom. The molecular formula is C16H20N2O2. The number of hydrogen-bond acceptors (Lipinski definition) is 2. The van der Waals surface area contributed by atoms with Crippen LogP contribution in [0.1, 0.15) is 48.1 Å². The minimum Gasteiger partial charge on any atom is -0.476 e. The summed E-state index contributed by atoms with van der Waals surface area (Å²) in [6, 6.07) is 9.83. The number of aryl methyl sites for hydroxylation is 1. The van der Waals surface area contributed by atoms with Gasteiger partial charge in [-0.3, -0.25) is 4.68 Å². The van der Waals surface area contributed by atoms with E-state index in [0.717, 1.165) is 11.3 Å². The largest absolute Gasteiger partial charge is 0.476 e. The average Bonchev–Trinajstić information content (AvgIpc) is 2.73. The first-order chi connectivity index (χ1) is 9.27. The summed E-state index contributed by atoms with van der Waals surface area (Å²) in [5.41, 5.74) is 3.18. The standard InChI is InChI=1S/C16H20N2O2/c1-11-6-5-7-12(8-11)10-18-14(16(2,3)4)9-13(17-18)15(19)20/h5-9H,10H2,1-4H3,(H,19,20). The Balaban J connectivity index is 2.42. The molecule has 0 aliphatic carbocycles. The lowest BCUT2D eigenvalue weighted by molar-refractivity contribution is 0.0689. The van der Waals surface area contributed by atoms with Gasteiger partial charge in [-0.25, -0.2) is 4.79 Å². The Kier molecular flexibility index (Phi) is 3.66. The molecule has 0 radical (unpaired) electrons. The van der Waals surface area contributed by atoms with Gasteiger partial charge < -0.3 is 5.11 Å². The number of aromatic carboxylic acids is 1. The molecule has 2 rings (SSSR count). The van der Waals surface area contributed by atoms with Gasteiger partial charge in [-0.05, 0) is 18.6 Å². The molecule has 106 valence electrons. The third-order valence-corrected chi connectivity index (χ3v) is 3.18. The van der Waals surface area contributed by atoms with Crippen molar-refractivity contribution in [2.24, 2.45) is 0 Å². The molecule has 0 atom stereocenters. The summed E-state index contributed by atoms with van der Waals surface area (Å²) in [5, 5.41) is 13.3. The summed E-state index contributed by atoms with van der Waals surface area (Å²) in [7, 11) is 0. The van der Waals surface area contributed by atoms with Crippen molar-refractivity contribution < 1.29 is 9.90 Å². The highest BCUT2D eigenvalue weighted by Crippen LogP contribution is 2.24. The summed E-state index contributed by atoms with van der Waals surface area (Å²) in [6.07, 6.45) is 0. The third kappa shape index (κ3) is 3.07. The molecule has 0 fully saturated rings. The van der Waals surface area contributed by atoms with Crippen molar-refractivity contribution in [3.63, 3.8) is 0 Å². The second kappa shape index (κ2) is 5.12. The van der Waals surface area contributed by atoms with Crippen LogP contribution in [-0.2, 0) is 12.0 Å².